The van der Waals surface area contributed by atoms with Gasteiger partial charge in [-0.25, -0.2) is 0 Å². The van der Waals surface area contributed by atoms with Crippen LogP contribution >= 0.6 is 0 Å². The minimum Gasteiger partial charge on any atom is -0.343 e. The van der Waals surface area contributed by atoms with Crippen molar-refractivity contribution in [2.24, 2.45) is 0 Å². The van der Waals surface area contributed by atoms with Gasteiger partial charge in [0.2, 0.25) is 0 Å². The number of aldehydes is 1. The van der Waals surface area contributed by atoms with Crippen LogP contribution in [0.15, 0.2) is 18.2 Å². The molecule has 0 N–H and O–H groups in total. The zero-order chi connectivity index (χ0) is 10.3. The van der Waals surface area contributed by atoms with Crippen LogP contribution in [0.4, 0.5) is 0 Å². The minimum absolute atomic E-state index is 0.503. The van der Waals surface area contributed by atoms with Crippen LogP contribution in [0, 0.1) is 0 Å². The number of rotatable bonds is 1. The normalized spacial score (nSPS) is 21.9. The summed E-state index contributed by atoms with van der Waals surface area (Å²) in [6.45, 7) is 1.32. The Balaban J connectivity index is 2.07. The van der Waals surface area contributed by atoms with E-state index < -0.39 is 5.79 Å². The second-order valence-corrected chi connectivity index (χ2v) is 3.98. The van der Waals surface area contributed by atoms with Crippen molar-refractivity contribution in [2.45, 2.75) is 18.6 Å². The van der Waals surface area contributed by atoms with E-state index in [-0.39, 0.29) is 0 Å². The molecule has 1 aromatic carbocycles. The zero-order valence-corrected chi connectivity index (χ0v) is 8.36. The molecule has 0 unspecified atom stereocenters. The lowest BCUT2D eigenvalue weighted by molar-refractivity contribution is -0.163. The Morgan fingerprint density at radius 1 is 1.27 bits per heavy atom. The van der Waals surface area contributed by atoms with E-state index >= 15 is 0 Å². The average molecular weight is 204 g/mol. The largest absolute Gasteiger partial charge is 0.343 e. The SMILES string of the molecule is O=Cc1ccc2c(c1)CCC21OCCO1. The van der Waals surface area contributed by atoms with Crippen LogP contribution in [0.25, 0.3) is 0 Å². The van der Waals surface area contributed by atoms with Crippen molar-refractivity contribution in [1.82, 2.24) is 0 Å². The van der Waals surface area contributed by atoms with Gasteiger partial charge in [-0.05, 0) is 18.1 Å². The third-order valence-electron chi connectivity index (χ3n) is 3.15. The van der Waals surface area contributed by atoms with Gasteiger partial charge < -0.3 is 9.47 Å². The minimum atomic E-state index is -0.503. The van der Waals surface area contributed by atoms with Crippen molar-refractivity contribution in [3.63, 3.8) is 0 Å². The Morgan fingerprint density at radius 3 is 2.80 bits per heavy atom. The Kier molecular flexibility index (Phi) is 1.90. The van der Waals surface area contributed by atoms with Gasteiger partial charge in [-0.15, -0.1) is 0 Å². The number of fused-ring (bicyclic) bond motifs is 2. The highest BCUT2D eigenvalue weighted by molar-refractivity contribution is 5.75. The first-order valence-electron chi connectivity index (χ1n) is 5.21. The standard InChI is InChI=1S/C12H12O3/c13-8-9-1-2-11-10(7-9)3-4-12(11)14-5-6-15-12/h1-2,7-8H,3-6H2. The van der Waals surface area contributed by atoms with Gasteiger partial charge in [-0.1, -0.05) is 12.1 Å². The average Bonchev–Trinajstić information content (AvgIpc) is 2.88. The molecule has 1 heterocycles. The maximum Gasteiger partial charge on any atom is 0.195 e. The van der Waals surface area contributed by atoms with Gasteiger partial charge in [0.05, 0.1) is 13.2 Å². The predicted molar refractivity (Wildman–Crippen MR) is 53.7 cm³/mol. The summed E-state index contributed by atoms with van der Waals surface area (Å²) >= 11 is 0. The van der Waals surface area contributed by atoms with Gasteiger partial charge in [0.1, 0.15) is 6.29 Å². The van der Waals surface area contributed by atoms with Crippen LogP contribution in [-0.2, 0) is 21.7 Å². The summed E-state index contributed by atoms with van der Waals surface area (Å²) in [7, 11) is 0. The smallest absolute Gasteiger partial charge is 0.195 e. The first-order valence-corrected chi connectivity index (χ1v) is 5.21. The summed E-state index contributed by atoms with van der Waals surface area (Å²) in [5.41, 5.74) is 3.01. The maximum atomic E-state index is 10.7. The molecular formula is C12H12O3. The molecule has 0 saturated carbocycles. The monoisotopic (exact) mass is 204 g/mol. The van der Waals surface area contributed by atoms with Crippen molar-refractivity contribution in [3.05, 3.63) is 34.9 Å². The van der Waals surface area contributed by atoms with E-state index in [1.54, 1.807) is 0 Å². The van der Waals surface area contributed by atoms with E-state index in [1.165, 1.54) is 5.56 Å². The van der Waals surface area contributed by atoms with Crippen molar-refractivity contribution in [2.75, 3.05) is 13.2 Å². The van der Waals surface area contributed by atoms with E-state index in [0.717, 1.165) is 30.3 Å². The van der Waals surface area contributed by atoms with E-state index in [0.29, 0.717) is 13.2 Å². The number of ether oxygens (including phenoxy) is 2. The molecule has 3 rings (SSSR count). The lowest BCUT2D eigenvalue weighted by Crippen LogP contribution is -2.23. The molecule has 3 nitrogen and oxygen atoms in total. The molecule has 1 saturated heterocycles. The van der Waals surface area contributed by atoms with Gasteiger partial charge >= 0.3 is 0 Å². The number of hydrogen-bond donors (Lipinski definition) is 0. The highest BCUT2D eigenvalue weighted by atomic mass is 16.7. The zero-order valence-electron chi connectivity index (χ0n) is 8.36. The fourth-order valence-electron chi connectivity index (χ4n) is 2.45. The predicted octanol–water partition coefficient (Wildman–Crippen LogP) is 1.64. The molecule has 0 radical (unpaired) electrons. The molecule has 1 spiro atoms. The van der Waals surface area contributed by atoms with Gasteiger partial charge in [-0.3, -0.25) is 4.79 Å². The maximum absolute atomic E-state index is 10.7. The molecule has 0 bridgehead atoms. The quantitative estimate of drug-likeness (QED) is 0.652. The Morgan fingerprint density at radius 2 is 2.07 bits per heavy atom. The highest BCUT2D eigenvalue weighted by Gasteiger charge is 2.43. The van der Waals surface area contributed by atoms with Crippen LogP contribution in [0.2, 0.25) is 0 Å². The molecule has 1 aromatic rings. The van der Waals surface area contributed by atoms with E-state index in [1.807, 2.05) is 18.2 Å². The highest BCUT2D eigenvalue weighted by Crippen LogP contribution is 2.43. The molecule has 3 heteroatoms. The van der Waals surface area contributed by atoms with Crippen LogP contribution in [0.5, 0.6) is 0 Å². The second kappa shape index (κ2) is 3.15. The second-order valence-electron chi connectivity index (χ2n) is 3.98. The molecule has 0 aromatic heterocycles. The van der Waals surface area contributed by atoms with Crippen LogP contribution < -0.4 is 0 Å². The van der Waals surface area contributed by atoms with Gasteiger partial charge in [0, 0.05) is 17.5 Å². The first-order chi connectivity index (χ1) is 7.34. The summed E-state index contributed by atoms with van der Waals surface area (Å²) in [6.07, 6.45) is 2.67. The molecular weight excluding hydrogens is 192 g/mol. The molecule has 0 atom stereocenters. The van der Waals surface area contributed by atoms with Crippen molar-refractivity contribution < 1.29 is 14.3 Å². The topological polar surface area (TPSA) is 35.5 Å². The number of carbonyl (C=O) groups is 1. The summed E-state index contributed by atoms with van der Waals surface area (Å²) in [5.74, 6) is -0.503. The third-order valence-corrected chi connectivity index (χ3v) is 3.15. The first kappa shape index (κ1) is 9.07. The Hall–Kier alpha value is -1.19. The van der Waals surface area contributed by atoms with Crippen LogP contribution in [-0.4, -0.2) is 19.5 Å². The third kappa shape index (κ3) is 1.24. The summed E-state index contributed by atoms with van der Waals surface area (Å²) in [4.78, 5) is 10.7. The van der Waals surface area contributed by atoms with Crippen molar-refractivity contribution >= 4 is 6.29 Å². The molecule has 2 aliphatic rings. The number of aryl methyl sites for hydroxylation is 1. The fourth-order valence-corrected chi connectivity index (χ4v) is 2.45. The van der Waals surface area contributed by atoms with Crippen LogP contribution in [0.1, 0.15) is 27.9 Å². The summed E-state index contributed by atoms with van der Waals surface area (Å²) in [6, 6.07) is 5.71. The number of carbonyl (C=O) groups excluding carboxylic acids is 1. The molecule has 78 valence electrons. The lowest BCUT2D eigenvalue weighted by atomic mass is 10.0. The summed E-state index contributed by atoms with van der Waals surface area (Å²) < 4.78 is 11.4. The van der Waals surface area contributed by atoms with Gasteiger partial charge in [0.15, 0.2) is 5.79 Å². The Labute approximate surface area is 88.0 Å². The fraction of sp³-hybridized carbons (Fsp3) is 0.417. The molecule has 1 fully saturated rings. The van der Waals surface area contributed by atoms with Gasteiger partial charge in [-0.2, -0.15) is 0 Å². The van der Waals surface area contributed by atoms with E-state index in [4.69, 9.17) is 9.47 Å². The van der Waals surface area contributed by atoms with E-state index in [9.17, 15) is 4.79 Å². The Bertz CT molecular complexity index is 405. The molecule has 1 aliphatic carbocycles. The molecule has 1 aliphatic heterocycles. The van der Waals surface area contributed by atoms with Crippen molar-refractivity contribution in [3.8, 4) is 0 Å². The summed E-state index contributed by atoms with van der Waals surface area (Å²) in [5, 5.41) is 0. The van der Waals surface area contributed by atoms with Gasteiger partial charge in [0.25, 0.3) is 0 Å². The van der Waals surface area contributed by atoms with E-state index in [2.05, 4.69) is 0 Å². The number of benzene rings is 1. The van der Waals surface area contributed by atoms with Crippen molar-refractivity contribution in [1.29, 1.82) is 0 Å². The number of hydrogen-bond acceptors (Lipinski definition) is 3. The lowest BCUT2D eigenvalue weighted by Gasteiger charge is -2.22. The molecule has 15 heavy (non-hydrogen) atoms. The van der Waals surface area contributed by atoms with Crippen LogP contribution in [0.3, 0.4) is 0 Å². The molecule has 0 amide bonds.